The highest BCUT2D eigenvalue weighted by Gasteiger charge is 2.29. The van der Waals surface area contributed by atoms with E-state index in [0.717, 1.165) is 30.9 Å². The van der Waals surface area contributed by atoms with E-state index in [2.05, 4.69) is 0 Å². The zero-order chi connectivity index (χ0) is 13.7. The number of carbonyl (C=O) groups is 1. The summed E-state index contributed by atoms with van der Waals surface area (Å²) in [4.78, 5) is 13.0. The highest BCUT2D eigenvalue weighted by molar-refractivity contribution is 5.73. The van der Waals surface area contributed by atoms with Crippen LogP contribution in [0.3, 0.4) is 0 Å². The second kappa shape index (κ2) is 6.43. The van der Waals surface area contributed by atoms with Crippen LogP contribution in [0.1, 0.15) is 12.8 Å². The van der Waals surface area contributed by atoms with Gasteiger partial charge < -0.3 is 14.6 Å². The number of methoxy groups -OCH3 is 1. The number of likely N-dealkylation sites (tertiary alicyclic amines) is 1. The molecular formula is C14H19NO4. The molecule has 5 nitrogen and oxygen atoms in total. The van der Waals surface area contributed by atoms with E-state index < -0.39 is 5.97 Å². The molecule has 0 saturated carbocycles. The van der Waals surface area contributed by atoms with Gasteiger partial charge in [0.2, 0.25) is 0 Å². The molecule has 0 aliphatic carbocycles. The van der Waals surface area contributed by atoms with Gasteiger partial charge >= 0.3 is 5.97 Å². The normalized spacial score (nSPS) is 19.3. The molecule has 1 aliphatic heterocycles. The van der Waals surface area contributed by atoms with Crippen molar-refractivity contribution in [1.82, 2.24) is 4.90 Å². The summed E-state index contributed by atoms with van der Waals surface area (Å²) in [6.07, 6.45) is 1.68. The Labute approximate surface area is 112 Å². The lowest BCUT2D eigenvalue weighted by Gasteiger charge is -2.20. The Morgan fingerprint density at radius 3 is 2.68 bits per heavy atom. The number of benzene rings is 1. The van der Waals surface area contributed by atoms with Gasteiger partial charge in [-0.05, 0) is 43.7 Å². The van der Waals surface area contributed by atoms with E-state index in [4.69, 9.17) is 14.6 Å². The zero-order valence-electron chi connectivity index (χ0n) is 11.0. The minimum atomic E-state index is -0.734. The van der Waals surface area contributed by atoms with Crippen LogP contribution in [0.2, 0.25) is 0 Å². The lowest BCUT2D eigenvalue weighted by molar-refractivity contribution is -0.142. The molecule has 0 radical (unpaired) electrons. The molecular weight excluding hydrogens is 246 g/mol. The van der Waals surface area contributed by atoms with Gasteiger partial charge in [-0.2, -0.15) is 0 Å². The van der Waals surface area contributed by atoms with Gasteiger partial charge in [0.15, 0.2) is 0 Å². The number of hydrogen-bond acceptors (Lipinski definition) is 4. The molecule has 19 heavy (non-hydrogen) atoms. The molecule has 1 aromatic rings. The fourth-order valence-corrected chi connectivity index (χ4v) is 2.33. The van der Waals surface area contributed by atoms with Crippen LogP contribution in [-0.2, 0) is 4.79 Å². The van der Waals surface area contributed by atoms with E-state index in [9.17, 15) is 4.79 Å². The van der Waals surface area contributed by atoms with Crippen molar-refractivity contribution in [2.45, 2.75) is 18.9 Å². The van der Waals surface area contributed by atoms with E-state index >= 15 is 0 Å². The van der Waals surface area contributed by atoms with E-state index in [-0.39, 0.29) is 6.04 Å². The average Bonchev–Trinajstić information content (AvgIpc) is 2.88. The summed E-state index contributed by atoms with van der Waals surface area (Å²) in [5.41, 5.74) is 0. The van der Waals surface area contributed by atoms with Gasteiger partial charge in [-0.3, -0.25) is 9.69 Å². The van der Waals surface area contributed by atoms with E-state index in [1.165, 1.54) is 0 Å². The predicted octanol–water partition coefficient (Wildman–Crippen LogP) is 1.62. The van der Waals surface area contributed by atoms with Crippen molar-refractivity contribution in [2.75, 3.05) is 26.8 Å². The molecule has 1 fully saturated rings. The van der Waals surface area contributed by atoms with Crippen LogP contribution in [0.5, 0.6) is 11.5 Å². The van der Waals surface area contributed by atoms with E-state index in [1.807, 2.05) is 29.2 Å². The van der Waals surface area contributed by atoms with Crippen molar-refractivity contribution in [2.24, 2.45) is 0 Å². The molecule has 0 unspecified atom stereocenters. The maximum Gasteiger partial charge on any atom is 0.320 e. The molecule has 1 atom stereocenters. The Morgan fingerprint density at radius 2 is 2.05 bits per heavy atom. The van der Waals surface area contributed by atoms with Crippen LogP contribution in [0.25, 0.3) is 0 Å². The van der Waals surface area contributed by atoms with Crippen molar-refractivity contribution in [3.05, 3.63) is 24.3 Å². The fourth-order valence-electron chi connectivity index (χ4n) is 2.33. The lowest BCUT2D eigenvalue weighted by Crippen LogP contribution is -2.38. The minimum absolute atomic E-state index is 0.348. The van der Waals surface area contributed by atoms with Crippen LogP contribution in [0.4, 0.5) is 0 Å². The van der Waals surface area contributed by atoms with Crippen molar-refractivity contribution in [3.63, 3.8) is 0 Å². The Morgan fingerprint density at radius 1 is 1.37 bits per heavy atom. The van der Waals surface area contributed by atoms with Crippen molar-refractivity contribution in [3.8, 4) is 11.5 Å². The number of rotatable bonds is 6. The highest BCUT2D eigenvalue weighted by Crippen LogP contribution is 2.19. The Kier molecular flexibility index (Phi) is 4.63. The molecule has 0 bridgehead atoms. The molecule has 1 saturated heterocycles. The SMILES string of the molecule is COc1ccc(OCCN2CCC[C@@H]2C(=O)O)cc1. The summed E-state index contributed by atoms with van der Waals surface area (Å²) in [5.74, 6) is 0.826. The van der Waals surface area contributed by atoms with Crippen molar-refractivity contribution >= 4 is 5.97 Å². The van der Waals surface area contributed by atoms with Gasteiger partial charge in [0.25, 0.3) is 0 Å². The molecule has 0 amide bonds. The van der Waals surface area contributed by atoms with Crippen LogP contribution in [0, 0.1) is 0 Å². The first-order valence-corrected chi connectivity index (χ1v) is 6.44. The maximum absolute atomic E-state index is 11.0. The molecule has 2 rings (SSSR count). The summed E-state index contributed by atoms with van der Waals surface area (Å²) in [6, 6.07) is 7.02. The molecule has 0 aromatic heterocycles. The van der Waals surface area contributed by atoms with Gasteiger partial charge in [0, 0.05) is 6.54 Å². The first-order chi connectivity index (χ1) is 9.20. The minimum Gasteiger partial charge on any atom is -0.497 e. The molecule has 0 spiro atoms. The van der Waals surface area contributed by atoms with Crippen LogP contribution in [-0.4, -0.2) is 48.8 Å². The third-order valence-corrected chi connectivity index (χ3v) is 3.36. The van der Waals surface area contributed by atoms with Crippen LogP contribution >= 0.6 is 0 Å². The zero-order valence-corrected chi connectivity index (χ0v) is 11.0. The maximum atomic E-state index is 11.0. The fraction of sp³-hybridized carbons (Fsp3) is 0.500. The molecule has 5 heteroatoms. The molecule has 1 aliphatic rings. The van der Waals surface area contributed by atoms with Gasteiger partial charge in [-0.15, -0.1) is 0 Å². The second-order valence-corrected chi connectivity index (χ2v) is 4.56. The lowest BCUT2D eigenvalue weighted by atomic mass is 10.2. The third kappa shape index (κ3) is 3.61. The molecule has 1 aromatic carbocycles. The number of carboxylic acid groups (broad SMARTS) is 1. The highest BCUT2D eigenvalue weighted by atomic mass is 16.5. The summed E-state index contributed by atoms with van der Waals surface area (Å²) in [7, 11) is 1.62. The topological polar surface area (TPSA) is 59.0 Å². The molecule has 1 heterocycles. The number of hydrogen-bond donors (Lipinski definition) is 1. The Hall–Kier alpha value is -1.75. The van der Waals surface area contributed by atoms with E-state index in [0.29, 0.717) is 13.2 Å². The summed E-state index contributed by atoms with van der Waals surface area (Å²) < 4.78 is 10.7. The molecule has 104 valence electrons. The second-order valence-electron chi connectivity index (χ2n) is 4.56. The predicted molar refractivity (Wildman–Crippen MR) is 70.7 cm³/mol. The monoisotopic (exact) mass is 265 g/mol. The summed E-state index contributed by atoms with van der Waals surface area (Å²) >= 11 is 0. The average molecular weight is 265 g/mol. The van der Waals surface area contributed by atoms with Crippen LogP contribution in [0.15, 0.2) is 24.3 Å². The number of nitrogens with zero attached hydrogens (tertiary/aromatic N) is 1. The number of carboxylic acids is 1. The largest absolute Gasteiger partial charge is 0.497 e. The number of aliphatic carboxylic acids is 1. The smallest absolute Gasteiger partial charge is 0.320 e. The van der Waals surface area contributed by atoms with Gasteiger partial charge in [-0.25, -0.2) is 0 Å². The third-order valence-electron chi connectivity index (χ3n) is 3.36. The first kappa shape index (κ1) is 13.7. The summed E-state index contributed by atoms with van der Waals surface area (Å²) in [6.45, 7) is 1.97. The van der Waals surface area contributed by atoms with Crippen LogP contribution < -0.4 is 9.47 Å². The van der Waals surface area contributed by atoms with Crippen molar-refractivity contribution < 1.29 is 19.4 Å². The van der Waals surface area contributed by atoms with E-state index in [1.54, 1.807) is 7.11 Å². The molecule has 1 N–H and O–H groups in total. The van der Waals surface area contributed by atoms with Gasteiger partial charge in [0.1, 0.15) is 24.1 Å². The Bertz CT molecular complexity index is 418. The van der Waals surface area contributed by atoms with Gasteiger partial charge in [0.05, 0.1) is 7.11 Å². The van der Waals surface area contributed by atoms with Gasteiger partial charge in [-0.1, -0.05) is 0 Å². The summed E-state index contributed by atoms with van der Waals surface area (Å²) in [5, 5.41) is 9.06. The first-order valence-electron chi connectivity index (χ1n) is 6.44. The number of ether oxygens (including phenoxy) is 2. The quantitative estimate of drug-likeness (QED) is 0.847. The van der Waals surface area contributed by atoms with Crippen molar-refractivity contribution in [1.29, 1.82) is 0 Å². The Balaban J connectivity index is 1.78. The standard InChI is InChI=1S/C14H19NO4/c1-18-11-4-6-12(7-5-11)19-10-9-15-8-2-3-13(15)14(16)17/h4-7,13H,2-3,8-10H2,1H3,(H,16,17)/t13-/m1/s1.